The van der Waals surface area contributed by atoms with Crippen molar-refractivity contribution in [2.24, 2.45) is 0 Å². The van der Waals surface area contributed by atoms with Crippen LogP contribution in [-0.4, -0.2) is 9.78 Å². The van der Waals surface area contributed by atoms with Crippen molar-refractivity contribution in [1.29, 1.82) is 10.5 Å². The highest BCUT2D eigenvalue weighted by Gasteiger charge is 2.08. The predicted molar refractivity (Wildman–Crippen MR) is 43.6 cm³/mol. The van der Waals surface area contributed by atoms with E-state index in [1.165, 1.54) is 6.20 Å². The van der Waals surface area contributed by atoms with Gasteiger partial charge in [-0.3, -0.25) is 4.79 Å². The lowest BCUT2D eigenvalue weighted by Gasteiger charge is -1.99. The maximum atomic E-state index is 11.3. The molecule has 1 aromatic rings. The lowest BCUT2D eigenvalue weighted by molar-refractivity contribution is 0.612. The van der Waals surface area contributed by atoms with Crippen molar-refractivity contribution in [3.05, 3.63) is 27.7 Å². The van der Waals surface area contributed by atoms with Gasteiger partial charge in [0.05, 0.1) is 11.8 Å². The Morgan fingerprint density at radius 2 is 2.23 bits per heavy atom. The first-order valence-corrected chi connectivity index (χ1v) is 3.65. The Balaban J connectivity index is 3.55. The van der Waals surface area contributed by atoms with Crippen molar-refractivity contribution in [3.63, 3.8) is 0 Å². The quantitative estimate of drug-likeness (QED) is 0.600. The Morgan fingerprint density at radius 3 is 2.69 bits per heavy atom. The molecule has 13 heavy (non-hydrogen) atoms. The molecule has 0 aromatic carbocycles. The minimum atomic E-state index is -0.510. The minimum absolute atomic E-state index is 0.0252. The van der Waals surface area contributed by atoms with Gasteiger partial charge in [-0.1, -0.05) is 0 Å². The summed E-state index contributed by atoms with van der Waals surface area (Å²) in [6.07, 6.45) is 1.23. The fourth-order valence-electron chi connectivity index (χ4n) is 0.907. The van der Waals surface area contributed by atoms with E-state index in [0.29, 0.717) is 6.54 Å². The third kappa shape index (κ3) is 1.40. The number of aryl methyl sites for hydroxylation is 1. The third-order valence-electron chi connectivity index (χ3n) is 1.58. The van der Waals surface area contributed by atoms with Crippen LogP contribution in [0.3, 0.4) is 0 Å². The Morgan fingerprint density at radius 1 is 1.54 bits per heavy atom. The molecule has 0 atom stereocenters. The monoisotopic (exact) mass is 174 g/mol. The van der Waals surface area contributed by atoms with E-state index < -0.39 is 5.56 Å². The van der Waals surface area contributed by atoms with Crippen LogP contribution in [0, 0.1) is 22.7 Å². The van der Waals surface area contributed by atoms with Crippen LogP contribution < -0.4 is 5.56 Å². The standard InChI is InChI=1S/C8H6N4O/c1-2-12-8(13)7(4-10)6(3-9)5-11-12/h5H,2H2,1H3. The van der Waals surface area contributed by atoms with Gasteiger partial charge in [-0.2, -0.15) is 15.6 Å². The molecule has 0 N–H and O–H groups in total. The maximum absolute atomic E-state index is 11.3. The summed E-state index contributed by atoms with van der Waals surface area (Å²) < 4.78 is 1.14. The molecule has 0 amide bonds. The molecule has 1 aromatic heterocycles. The van der Waals surface area contributed by atoms with Gasteiger partial charge in [0.15, 0.2) is 0 Å². The molecular weight excluding hydrogens is 168 g/mol. The molecule has 5 nitrogen and oxygen atoms in total. The zero-order valence-electron chi connectivity index (χ0n) is 6.98. The molecule has 1 rings (SSSR count). The van der Waals surface area contributed by atoms with Gasteiger partial charge in [-0.25, -0.2) is 4.68 Å². The Kier molecular flexibility index (Phi) is 2.41. The summed E-state index contributed by atoms with van der Waals surface area (Å²) >= 11 is 0. The highest BCUT2D eigenvalue weighted by molar-refractivity contribution is 5.41. The number of rotatable bonds is 1. The first kappa shape index (κ1) is 8.95. The Bertz CT molecular complexity index is 461. The molecule has 0 fully saturated rings. The van der Waals surface area contributed by atoms with Crippen LogP contribution in [0.5, 0.6) is 0 Å². The van der Waals surface area contributed by atoms with Crippen molar-refractivity contribution in [1.82, 2.24) is 9.78 Å². The van der Waals surface area contributed by atoms with Crippen LogP contribution in [-0.2, 0) is 6.54 Å². The third-order valence-corrected chi connectivity index (χ3v) is 1.58. The Labute approximate surface area is 74.5 Å². The van der Waals surface area contributed by atoms with Gasteiger partial charge in [-0.15, -0.1) is 0 Å². The lowest BCUT2D eigenvalue weighted by atomic mass is 10.2. The zero-order chi connectivity index (χ0) is 9.84. The molecule has 1 heterocycles. The first-order valence-electron chi connectivity index (χ1n) is 3.65. The van der Waals surface area contributed by atoms with Gasteiger partial charge in [0.25, 0.3) is 5.56 Å². The summed E-state index contributed by atoms with van der Waals surface area (Å²) in [5.74, 6) is 0. The minimum Gasteiger partial charge on any atom is -0.266 e. The molecule has 0 aliphatic carbocycles. The molecule has 0 saturated heterocycles. The van der Waals surface area contributed by atoms with Gasteiger partial charge in [0.2, 0.25) is 0 Å². The predicted octanol–water partition coefficient (Wildman–Crippen LogP) is 0.00656. The van der Waals surface area contributed by atoms with Gasteiger partial charge >= 0.3 is 0 Å². The molecule has 64 valence electrons. The van der Waals surface area contributed by atoms with E-state index in [2.05, 4.69) is 5.10 Å². The van der Waals surface area contributed by atoms with Crippen LogP contribution in [0.2, 0.25) is 0 Å². The number of nitrogens with zero attached hydrogens (tertiary/aromatic N) is 4. The van der Waals surface area contributed by atoms with E-state index in [9.17, 15) is 4.79 Å². The second kappa shape index (κ2) is 3.51. The summed E-state index contributed by atoms with van der Waals surface area (Å²) in [5.41, 5.74) is -0.624. The molecule has 5 heteroatoms. The number of hydrogen-bond donors (Lipinski definition) is 0. The van der Waals surface area contributed by atoms with E-state index in [1.54, 1.807) is 19.1 Å². The highest BCUT2D eigenvalue weighted by atomic mass is 16.1. The molecule has 0 spiro atoms. The number of aromatic nitrogens is 2. The maximum Gasteiger partial charge on any atom is 0.286 e. The first-order chi connectivity index (χ1) is 6.24. The lowest BCUT2D eigenvalue weighted by Crippen LogP contribution is -2.25. The fraction of sp³-hybridized carbons (Fsp3) is 0.250. The summed E-state index contributed by atoms with van der Waals surface area (Å²) in [7, 11) is 0. The summed E-state index contributed by atoms with van der Waals surface area (Å²) in [4.78, 5) is 11.3. The second-order valence-electron chi connectivity index (χ2n) is 2.28. The van der Waals surface area contributed by atoms with Crippen molar-refractivity contribution in [2.45, 2.75) is 13.5 Å². The van der Waals surface area contributed by atoms with Crippen LogP contribution in [0.1, 0.15) is 18.1 Å². The average molecular weight is 174 g/mol. The highest BCUT2D eigenvalue weighted by Crippen LogP contribution is 1.97. The van der Waals surface area contributed by atoms with E-state index in [4.69, 9.17) is 10.5 Å². The van der Waals surface area contributed by atoms with E-state index in [-0.39, 0.29) is 11.1 Å². The molecule has 0 aliphatic rings. The molecular formula is C8H6N4O. The SMILES string of the molecule is CCn1ncc(C#N)c(C#N)c1=O. The number of hydrogen-bond acceptors (Lipinski definition) is 4. The van der Waals surface area contributed by atoms with Gasteiger partial charge in [-0.05, 0) is 6.92 Å². The van der Waals surface area contributed by atoms with Crippen LogP contribution in [0.25, 0.3) is 0 Å². The fourth-order valence-corrected chi connectivity index (χ4v) is 0.907. The van der Waals surface area contributed by atoms with E-state index in [0.717, 1.165) is 4.68 Å². The smallest absolute Gasteiger partial charge is 0.266 e. The molecule has 0 saturated carbocycles. The molecule has 0 bridgehead atoms. The van der Waals surface area contributed by atoms with Gasteiger partial charge in [0.1, 0.15) is 17.7 Å². The Hall–Kier alpha value is -2.14. The topological polar surface area (TPSA) is 82.5 Å². The van der Waals surface area contributed by atoms with Crippen molar-refractivity contribution < 1.29 is 0 Å². The van der Waals surface area contributed by atoms with Crippen molar-refractivity contribution in [2.75, 3.05) is 0 Å². The van der Waals surface area contributed by atoms with Crippen LogP contribution in [0.15, 0.2) is 11.0 Å². The van der Waals surface area contributed by atoms with E-state index >= 15 is 0 Å². The summed E-state index contributed by atoms with van der Waals surface area (Å²) in [5, 5.41) is 20.9. The molecule has 0 aliphatic heterocycles. The van der Waals surface area contributed by atoms with Crippen LogP contribution >= 0.6 is 0 Å². The molecule has 0 radical (unpaired) electrons. The van der Waals surface area contributed by atoms with E-state index in [1.807, 2.05) is 0 Å². The molecule has 0 unspecified atom stereocenters. The zero-order valence-corrected chi connectivity index (χ0v) is 6.98. The van der Waals surface area contributed by atoms with Crippen molar-refractivity contribution >= 4 is 0 Å². The van der Waals surface area contributed by atoms with Gasteiger partial charge in [0, 0.05) is 6.54 Å². The second-order valence-corrected chi connectivity index (χ2v) is 2.28. The number of nitriles is 2. The van der Waals surface area contributed by atoms with Crippen LogP contribution in [0.4, 0.5) is 0 Å². The normalized spacial score (nSPS) is 8.85. The largest absolute Gasteiger partial charge is 0.286 e. The average Bonchev–Trinajstić information content (AvgIpc) is 2.17. The van der Waals surface area contributed by atoms with Crippen molar-refractivity contribution in [3.8, 4) is 12.1 Å². The van der Waals surface area contributed by atoms with Gasteiger partial charge < -0.3 is 0 Å². The summed E-state index contributed by atoms with van der Waals surface area (Å²) in [6.45, 7) is 2.13. The summed E-state index contributed by atoms with van der Waals surface area (Å²) in [6, 6.07) is 3.43.